The Kier molecular flexibility index (Phi) is 4.77. The first-order valence-corrected chi connectivity index (χ1v) is 7.86. The van der Waals surface area contributed by atoms with Crippen molar-refractivity contribution < 1.29 is 0 Å². The van der Waals surface area contributed by atoms with E-state index in [0.29, 0.717) is 11.6 Å². The molecule has 0 amide bonds. The number of anilines is 4. The highest BCUT2D eigenvalue weighted by molar-refractivity contribution is 5.94. The maximum absolute atomic E-state index is 8.95. The number of nitrogens with two attached hydrogens (primary N) is 1. The van der Waals surface area contributed by atoms with Gasteiger partial charge in [-0.25, -0.2) is 9.97 Å². The quantitative estimate of drug-likeness (QED) is 0.676. The van der Waals surface area contributed by atoms with Crippen LogP contribution >= 0.6 is 0 Å². The SMILES string of the molecule is Cc1ccc2c(Nc3ncnc(N(CC#N)CC#N)c3N)cccc2n1. The standard InChI is InChI=1S/C18H16N8/c1-12-5-6-13-14(24-12)3-2-4-15(13)25-17-16(21)18(23-11-22-17)26(9-7-19)10-8-20/h2-6,11H,9-10,21H2,1H3,(H,22,23,25). The van der Waals surface area contributed by atoms with E-state index < -0.39 is 0 Å². The minimum Gasteiger partial charge on any atom is -0.393 e. The summed E-state index contributed by atoms with van der Waals surface area (Å²) in [5.41, 5.74) is 9.07. The number of aromatic nitrogens is 3. The zero-order chi connectivity index (χ0) is 18.5. The molecule has 0 saturated heterocycles. The first-order chi connectivity index (χ1) is 12.6. The van der Waals surface area contributed by atoms with E-state index in [0.717, 1.165) is 22.3 Å². The van der Waals surface area contributed by atoms with Crippen LogP contribution in [0.4, 0.5) is 23.0 Å². The van der Waals surface area contributed by atoms with Gasteiger partial charge < -0.3 is 16.0 Å². The van der Waals surface area contributed by atoms with E-state index in [4.69, 9.17) is 16.3 Å². The lowest BCUT2D eigenvalue weighted by molar-refractivity contribution is 0.930. The monoisotopic (exact) mass is 344 g/mol. The van der Waals surface area contributed by atoms with Crippen LogP contribution in [0.3, 0.4) is 0 Å². The summed E-state index contributed by atoms with van der Waals surface area (Å²) in [5, 5.41) is 22.0. The van der Waals surface area contributed by atoms with Gasteiger partial charge in [0, 0.05) is 16.8 Å². The predicted octanol–water partition coefficient (Wildman–Crippen LogP) is 2.51. The highest BCUT2D eigenvalue weighted by Crippen LogP contribution is 2.31. The molecule has 8 nitrogen and oxygen atoms in total. The fourth-order valence-corrected chi connectivity index (χ4v) is 2.61. The summed E-state index contributed by atoms with van der Waals surface area (Å²) in [5.74, 6) is 0.753. The number of hydrogen-bond acceptors (Lipinski definition) is 8. The van der Waals surface area contributed by atoms with Gasteiger partial charge in [-0.1, -0.05) is 6.07 Å². The van der Waals surface area contributed by atoms with Gasteiger partial charge in [-0.15, -0.1) is 0 Å². The van der Waals surface area contributed by atoms with Crippen LogP contribution < -0.4 is 16.0 Å². The molecule has 8 heteroatoms. The lowest BCUT2D eigenvalue weighted by Gasteiger charge is -2.20. The van der Waals surface area contributed by atoms with Crippen molar-refractivity contribution in [3.63, 3.8) is 0 Å². The average molecular weight is 344 g/mol. The fourth-order valence-electron chi connectivity index (χ4n) is 2.61. The van der Waals surface area contributed by atoms with E-state index in [1.165, 1.54) is 11.2 Å². The van der Waals surface area contributed by atoms with E-state index in [1.54, 1.807) is 0 Å². The Balaban J connectivity index is 2.00. The number of nitrogen functional groups attached to an aromatic ring is 1. The molecular weight excluding hydrogens is 328 g/mol. The average Bonchev–Trinajstić information content (AvgIpc) is 2.63. The molecule has 0 atom stereocenters. The van der Waals surface area contributed by atoms with Gasteiger partial charge in [-0.05, 0) is 31.2 Å². The van der Waals surface area contributed by atoms with Crippen LogP contribution in [0.15, 0.2) is 36.7 Å². The molecule has 2 aromatic heterocycles. The zero-order valence-electron chi connectivity index (χ0n) is 14.1. The van der Waals surface area contributed by atoms with Crippen LogP contribution in [0.5, 0.6) is 0 Å². The van der Waals surface area contributed by atoms with Gasteiger partial charge in [0.2, 0.25) is 0 Å². The summed E-state index contributed by atoms with van der Waals surface area (Å²) in [6.07, 6.45) is 1.35. The lowest BCUT2D eigenvalue weighted by atomic mass is 10.1. The molecule has 0 unspecified atom stereocenters. The van der Waals surface area contributed by atoms with E-state index in [2.05, 4.69) is 20.3 Å². The smallest absolute Gasteiger partial charge is 0.159 e. The van der Waals surface area contributed by atoms with Crippen molar-refractivity contribution in [2.75, 3.05) is 29.0 Å². The van der Waals surface area contributed by atoms with Gasteiger partial charge in [0.25, 0.3) is 0 Å². The summed E-state index contributed by atoms with van der Waals surface area (Å²) in [7, 11) is 0. The molecule has 0 spiro atoms. The normalized spacial score (nSPS) is 10.1. The number of fused-ring (bicyclic) bond motifs is 1. The largest absolute Gasteiger partial charge is 0.393 e. The Morgan fingerprint density at radius 2 is 1.88 bits per heavy atom. The van der Waals surface area contributed by atoms with Crippen LogP contribution in [-0.4, -0.2) is 28.0 Å². The summed E-state index contributed by atoms with van der Waals surface area (Å²) in [6.45, 7) is 1.95. The van der Waals surface area contributed by atoms with E-state index in [-0.39, 0.29) is 18.8 Å². The summed E-state index contributed by atoms with van der Waals surface area (Å²) in [4.78, 5) is 14.3. The Hall–Kier alpha value is -3.91. The second-order valence-electron chi connectivity index (χ2n) is 5.58. The molecule has 0 aliphatic heterocycles. The number of rotatable bonds is 5. The minimum atomic E-state index is 0.00563. The van der Waals surface area contributed by atoms with Gasteiger partial charge in [0.15, 0.2) is 11.6 Å². The number of hydrogen-bond donors (Lipinski definition) is 2. The number of pyridine rings is 1. The number of benzene rings is 1. The Bertz CT molecular complexity index is 1020. The summed E-state index contributed by atoms with van der Waals surface area (Å²) in [6, 6.07) is 13.7. The van der Waals surface area contributed by atoms with Crippen LogP contribution in [-0.2, 0) is 0 Å². The Labute approximate surface area is 150 Å². The molecule has 26 heavy (non-hydrogen) atoms. The molecule has 3 aromatic rings. The van der Waals surface area contributed by atoms with Crippen LogP contribution in [0.25, 0.3) is 10.9 Å². The van der Waals surface area contributed by atoms with Gasteiger partial charge in [0.05, 0.1) is 17.7 Å². The highest BCUT2D eigenvalue weighted by atomic mass is 15.2. The van der Waals surface area contributed by atoms with Crippen molar-refractivity contribution in [3.8, 4) is 12.1 Å². The third kappa shape index (κ3) is 3.30. The topological polar surface area (TPSA) is 128 Å². The van der Waals surface area contributed by atoms with Crippen molar-refractivity contribution in [2.24, 2.45) is 0 Å². The van der Waals surface area contributed by atoms with Crippen molar-refractivity contribution in [3.05, 3.63) is 42.4 Å². The predicted molar refractivity (Wildman–Crippen MR) is 99.6 cm³/mol. The molecule has 0 aliphatic rings. The zero-order valence-corrected chi connectivity index (χ0v) is 14.1. The van der Waals surface area contributed by atoms with Gasteiger partial charge in [-0.2, -0.15) is 10.5 Å². The van der Waals surface area contributed by atoms with E-state index in [9.17, 15) is 0 Å². The second-order valence-corrected chi connectivity index (χ2v) is 5.58. The first kappa shape index (κ1) is 16.9. The first-order valence-electron chi connectivity index (χ1n) is 7.86. The number of nitrogens with one attached hydrogen (secondary N) is 1. The van der Waals surface area contributed by atoms with Crippen LogP contribution in [0, 0.1) is 29.6 Å². The molecule has 0 fully saturated rings. The molecule has 0 saturated carbocycles. The molecular formula is C18H16N8. The third-order valence-electron chi connectivity index (χ3n) is 3.81. The van der Waals surface area contributed by atoms with E-state index in [1.807, 2.05) is 49.4 Å². The molecule has 3 N–H and O–H groups in total. The van der Waals surface area contributed by atoms with Crippen molar-refractivity contribution >= 4 is 33.9 Å². The van der Waals surface area contributed by atoms with Crippen LogP contribution in [0.1, 0.15) is 5.69 Å². The second kappa shape index (κ2) is 7.32. The Morgan fingerprint density at radius 1 is 1.12 bits per heavy atom. The van der Waals surface area contributed by atoms with E-state index >= 15 is 0 Å². The van der Waals surface area contributed by atoms with Gasteiger partial charge >= 0.3 is 0 Å². The molecule has 1 aromatic carbocycles. The fraction of sp³-hybridized carbons (Fsp3) is 0.167. The maximum Gasteiger partial charge on any atom is 0.159 e. The summed E-state index contributed by atoms with van der Waals surface area (Å²) >= 11 is 0. The molecule has 0 radical (unpaired) electrons. The summed E-state index contributed by atoms with van der Waals surface area (Å²) < 4.78 is 0. The highest BCUT2D eigenvalue weighted by Gasteiger charge is 2.15. The van der Waals surface area contributed by atoms with Crippen molar-refractivity contribution in [1.29, 1.82) is 10.5 Å². The molecule has 0 bridgehead atoms. The number of aryl methyl sites for hydroxylation is 1. The van der Waals surface area contributed by atoms with Gasteiger partial charge in [0.1, 0.15) is 25.1 Å². The van der Waals surface area contributed by atoms with Gasteiger partial charge in [-0.3, -0.25) is 4.98 Å². The van der Waals surface area contributed by atoms with Crippen molar-refractivity contribution in [1.82, 2.24) is 15.0 Å². The lowest BCUT2D eigenvalue weighted by Crippen LogP contribution is -2.26. The number of nitriles is 2. The molecule has 3 rings (SSSR count). The minimum absolute atomic E-state index is 0.00563. The Morgan fingerprint density at radius 3 is 2.62 bits per heavy atom. The number of nitrogens with zero attached hydrogens (tertiary/aromatic N) is 6. The molecule has 128 valence electrons. The molecule has 0 aliphatic carbocycles. The maximum atomic E-state index is 8.95. The van der Waals surface area contributed by atoms with Crippen LogP contribution in [0.2, 0.25) is 0 Å². The third-order valence-corrected chi connectivity index (χ3v) is 3.81. The van der Waals surface area contributed by atoms with Crippen molar-refractivity contribution in [2.45, 2.75) is 6.92 Å². The molecule has 2 heterocycles.